The van der Waals surface area contributed by atoms with E-state index in [1.165, 1.54) is 11.1 Å². The molecule has 0 saturated heterocycles. The predicted octanol–water partition coefficient (Wildman–Crippen LogP) is 4.26. The lowest BCUT2D eigenvalue weighted by Crippen LogP contribution is -2.13. The molecule has 4 aromatic rings. The molecule has 0 aliphatic carbocycles. The molecule has 1 amide bonds. The summed E-state index contributed by atoms with van der Waals surface area (Å²) in [4.78, 5) is 23.4. The number of hydrogen-bond acceptors (Lipinski definition) is 5. The van der Waals surface area contributed by atoms with Crippen LogP contribution in [0.5, 0.6) is 0 Å². The number of benzene rings is 2. The SMILES string of the molecule is Cc1ccccc1Cn1ccc(NC(=O)c2ccc(Cn3nc(C)c([N+](=O)[O-])c3C)cc2)n1. The maximum Gasteiger partial charge on any atom is 0.312 e. The van der Waals surface area contributed by atoms with Gasteiger partial charge in [0.25, 0.3) is 5.91 Å². The van der Waals surface area contributed by atoms with E-state index in [1.807, 2.05) is 30.5 Å². The number of hydrogen-bond donors (Lipinski definition) is 1. The van der Waals surface area contributed by atoms with Crippen LogP contribution in [0.4, 0.5) is 11.5 Å². The summed E-state index contributed by atoms with van der Waals surface area (Å²) in [6, 6.07) is 16.9. The Balaban J connectivity index is 1.40. The molecule has 9 nitrogen and oxygen atoms in total. The van der Waals surface area contributed by atoms with Gasteiger partial charge < -0.3 is 5.32 Å². The van der Waals surface area contributed by atoms with E-state index in [2.05, 4.69) is 34.6 Å². The van der Waals surface area contributed by atoms with Crippen LogP contribution in [-0.2, 0) is 13.1 Å². The number of carbonyl (C=O) groups is 1. The monoisotopic (exact) mass is 444 g/mol. The number of nitrogens with one attached hydrogen (secondary N) is 1. The van der Waals surface area contributed by atoms with E-state index in [-0.39, 0.29) is 11.6 Å². The van der Waals surface area contributed by atoms with Crippen molar-refractivity contribution in [3.05, 3.63) is 105 Å². The van der Waals surface area contributed by atoms with Gasteiger partial charge in [-0.2, -0.15) is 10.2 Å². The summed E-state index contributed by atoms with van der Waals surface area (Å²) >= 11 is 0. The third-order valence-electron chi connectivity index (χ3n) is 5.55. The highest BCUT2D eigenvalue weighted by molar-refractivity contribution is 6.03. The van der Waals surface area contributed by atoms with Gasteiger partial charge in [-0.3, -0.25) is 24.3 Å². The molecular weight excluding hydrogens is 420 g/mol. The van der Waals surface area contributed by atoms with Crippen LogP contribution < -0.4 is 5.32 Å². The summed E-state index contributed by atoms with van der Waals surface area (Å²) in [5, 5.41) is 22.7. The Morgan fingerprint density at radius 3 is 2.39 bits per heavy atom. The number of aromatic nitrogens is 4. The van der Waals surface area contributed by atoms with E-state index >= 15 is 0 Å². The summed E-state index contributed by atoms with van der Waals surface area (Å²) in [7, 11) is 0. The molecule has 168 valence electrons. The van der Waals surface area contributed by atoms with Gasteiger partial charge in [-0.15, -0.1) is 0 Å². The molecule has 0 fully saturated rings. The van der Waals surface area contributed by atoms with Crippen molar-refractivity contribution in [1.82, 2.24) is 19.6 Å². The summed E-state index contributed by atoms with van der Waals surface area (Å²) in [6.45, 7) is 6.37. The normalized spacial score (nSPS) is 10.9. The fourth-order valence-electron chi connectivity index (χ4n) is 3.71. The molecule has 0 spiro atoms. The van der Waals surface area contributed by atoms with Crippen LogP contribution in [-0.4, -0.2) is 30.4 Å². The zero-order valence-corrected chi connectivity index (χ0v) is 18.6. The molecule has 0 atom stereocenters. The summed E-state index contributed by atoms with van der Waals surface area (Å²) in [6.07, 6.45) is 1.83. The van der Waals surface area contributed by atoms with Gasteiger partial charge >= 0.3 is 5.69 Å². The lowest BCUT2D eigenvalue weighted by molar-refractivity contribution is -0.386. The third kappa shape index (κ3) is 4.82. The van der Waals surface area contributed by atoms with Gasteiger partial charge in [-0.25, -0.2) is 0 Å². The largest absolute Gasteiger partial charge is 0.312 e. The predicted molar refractivity (Wildman–Crippen MR) is 124 cm³/mol. The lowest BCUT2D eigenvalue weighted by atomic mass is 10.1. The van der Waals surface area contributed by atoms with E-state index < -0.39 is 4.92 Å². The highest BCUT2D eigenvalue weighted by Crippen LogP contribution is 2.22. The Kier molecular flexibility index (Phi) is 6.03. The maximum absolute atomic E-state index is 12.6. The van der Waals surface area contributed by atoms with Gasteiger partial charge in [-0.05, 0) is 49.6 Å². The summed E-state index contributed by atoms with van der Waals surface area (Å²) in [5.74, 6) is 0.219. The minimum atomic E-state index is -0.413. The Hall–Kier alpha value is -4.27. The first-order valence-corrected chi connectivity index (χ1v) is 10.5. The van der Waals surface area contributed by atoms with Gasteiger partial charge in [0.05, 0.1) is 18.0 Å². The number of nitro groups is 1. The van der Waals surface area contributed by atoms with E-state index in [1.54, 1.807) is 41.4 Å². The highest BCUT2D eigenvalue weighted by atomic mass is 16.6. The fraction of sp³-hybridized carbons (Fsp3) is 0.208. The molecule has 9 heteroatoms. The lowest BCUT2D eigenvalue weighted by Gasteiger charge is -2.07. The van der Waals surface area contributed by atoms with Crippen molar-refractivity contribution in [3.8, 4) is 0 Å². The van der Waals surface area contributed by atoms with Crippen molar-refractivity contribution in [2.24, 2.45) is 0 Å². The van der Waals surface area contributed by atoms with Crippen LogP contribution in [0.1, 0.15) is 38.4 Å². The molecule has 2 aromatic carbocycles. The first-order chi connectivity index (χ1) is 15.8. The minimum Gasteiger partial charge on any atom is -0.305 e. The van der Waals surface area contributed by atoms with Crippen LogP contribution in [0.15, 0.2) is 60.8 Å². The smallest absolute Gasteiger partial charge is 0.305 e. The highest BCUT2D eigenvalue weighted by Gasteiger charge is 2.21. The van der Waals surface area contributed by atoms with Crippen molar-refractivity contribution in [1.29, 1.82) is 0 Å². The first-order valence-electron chi connectivity index (χ1n) is 10.5. The Morgan fingerprint density at radius 2 is 1.73 bits per heavy atom. The second kappa shape index (κ2) is 9.07. The maximum atomic E-state index is 12.6. The van der Waals surface area contributed by atoms with E-state index in [9.17, 15) is 14.9 Å². The number of amides is 1. The molecule has 0 radical (unpaired) electrons. The summed E-state index contributed by atoms with van der Waals surface area (Å²) in [5.41, 5.74) is 4.65. The molecule has 2 heterocycles. The van der Waals surface area contributed by atoms with E-state index in [0.29, 0.717) is 35.9 Å². The number of nitrogens with zero attached hydrogens (tertiary/aromatic N) is 5. The van der Waals surface area contributed by atoms with Gasteiger partial charge in [0.1, 0.15) is 11.4 Å². The number of carbonyl (C=O) groups excluding carboxylic acids is 1. The molecular formula is C24H24N6O3. The van der Waals surface area contributed by atoms with Crippen LogP contribution in [0.25, 0.3) is 0 Å². The zero-order chi connectivity index (χ0) is 23.5. The number of aryl methyl sites for hydroxylation is 2. The van der Waals surface area contributed by atoms with Crippen molar-refractivity contribution < 1.29 is 9.72 Å². The van der Waals surface area contributed by atoms with Crippen LogP contribution >= 0.6 is 0 Å². The number of anilines is 1. The topological polar surface area (TPSA) is 108 Å². The van der Waals surface area contributed by atoms with Crippen LogP contribution in [0.2, 0.25) is 0 Å². The fourth-order valence-corrected chi connectivity index (χ4v) is 3.71. The van der Waals surface area contributed by atoms with Gasteiger partial charge in [0, 0.05) is 17.8 Å². The van der Waals surface area contributed by atoms with Crippen molar-refractivity contribution in [2.75, 3.05) is 5.32 Å². The Morgan fingerprint density at radius 1 is 1.00 bits per heavy atom. The standard InChI is InChI=1S/C24H24N6O3/c1-16-6-4-5-7-21(16)15-28-13-12-22(27-28)25-24(31)20-10-8-19(9-11-20)14-29-18(3)23(30(32)33)17(2)26-29/h4-13H,14-15H2,1-3H3,(H,25,27,31). The van der Waals surface area contributed by atoms with Crippen LogP contribution in [0, 0.1) is 30.9 Å². The minimum absolute atomic E-state index is 0.0351. The molecule has 1 N–H and O–H groups in total. The van der Waals surface area contributed by atoms with Crippen molar-refractivity contribution >= 4 is 17.4 Å². The first kappa shape index (κ1) is 21.9. The zero-order valence-electron chi connectivity index (χ0n) is 18.6. The van der Waals surface area contributed by atoms with Crippen LogP contribution in [0.3, 0.4) is 0 Å². The third-order valence-corrected chi connectivity index (χ3v) is 5.55. The second-order valence-electron chi connectivity index (χ2n) is 7.91. The molecule has 0 aliphatic rings. The molecule has 2 aromatic heterocycles. The van der Waals surface area contributed by atoms with Gasteiger partial charge in [0.15, 0.2) is 5.82 Å². The molecule has 0 saturated carbocycles. The van der Waals surface area contributed by atoms with E-state index in [4.69, 9.17) is 0 Å². The molecule has 0 aliphatic heterocycles. The second-order valence-corrected chi connectivity index (χ2v) is 7.91. The van der Waals surface area contributed by atoms with Gasteiger partial charge in [-0.1, -0.05) is 36.4 Å². The number of rotatable bonds is 7. The quantitative estimate of drug-likeness (QED) is 0.338. The molecule has 4 rings (SSSR count). The average molecular weight is 444 g/mol. The van der Waals surface area contributed by atoms with E-state index in [0.717, 1.165) is 5.56 Å². The Labute approximate surface area is 190 Å². The molecule has 0 unspecified atom stereocenters. The molecule has 0 bridgehead atoms. The van der Waals surface area contributed by atoms with Crippen molar-refractivity contribution in [2.45, 2.75) is 33.9 Å². The average Bonchev–Trinajstić information content (AvgIpc) is 3.33. The van der Waals surface area contributed by atoms with Crippen molar-refractivity contribution in [3.63, 3.8) is 0 Å². The molecule has 33 heavy (non-hydrogen) atoms. The van der Waals surface area contributed by atoms with Gasteiger partial charge in [0.2, 0.25) is 0 Å². The Bertz CT molecular complexity index is 1320. The summed E-state index contributed by atoms with van der Waals surface area (Å²) < 4.78 is 3.39.